The van der Waals surface area contributed by atoms with Gasteiger partial charge in [-0.25, -0.2) is 0 Å². The van der Waals surface area contributed by atoms with E-state index in [0.29, 0.717) is 0 Å². The van der Waals surface area contributed by atoms with Gasteiger partial charge in [-0.3, -0.25) is 4.90 Å². The van der Waals surface area contributed by atoms with Gasteiger partial charge in [-0.15, -0.1) is 0 Å². The molecule has 0 spiro atoms. The summed E-state index contributed by atoms with van der Waals surface area (Å²) < 4.78 is 5.23. The van der Waals surface area contributed by atoms with Crippen molar-refractivity contribution in [2.24, 2.45) is 5.92 Å². The van der Waals surface area contributed by atoms with Crippen LogP contribution in [0.4, 0.5) is 0 Å². The van der Waals surface area contributed by atoms with Gasteiger partial charge >= 0.3 is 0 Å². The number of methoxy groups -OCH3 is 1. The monoisotopic (exact) mass is 278 g/mol. The molecule has 3 heteroatoms. The summed E-state index contributed by atoms with van der Waals surface area (Å²) in [4.78, 5) is 2.61. The Hall–Kier alpha value is -0.380. The predicted octanol–water partition coefficient (Wildman–Crippen LogP) is 2.58. The molecule has 20 heavy (non-hydrogen) atoms. The molecule has 114 valence electrons. The van der Waals surface area contributed by atoms with Crippen LogP contribution in [0.15, 0.2) is 11.6 Å². The first-order valence-electron chi connectivity index (χ1n) is 8.50. The van der Waals surface area contributed by atoms with Gasteiger partial charge in [-0.1, -0.05) is 18.9 Å². The van der Waals surface area contributed by atoms with Gasteiger partial charge < -0.3 is 10.1 Å². The smallest absolute Gasteiger partial charge is 0.0673 e. The van der Waals surface area contributed by atoms with E-state index >= 15 is 0 Å². The topological polar surface area (TPSA) is 24.5 Å². The van der Waals surface area contributed by atoms with Gasteiger partial charge in [0.1, 0.15) is 0 Å². The summed E-state index contributed by atoms with van der Waals surface area (Å²) in [6.07, 6.45) is 12.2. The molecule has 3 aliphatic rings. The molecular weight excluding hydrogens is 248 g/mol. The lowest BCUT2D eigenvalue weighted by atomic mass is 9.77. The summed E-state index contributed by atoms with van der Waals surface area (Å²) in [6, 6.07) is 1.55. The highest BCUT2D eigenvalue weighted by atomic mass is 16.5. The summed E-state index contributed by atoms with van der Waals surface area (Å²) in [5, 5.41) is 3.95. The Bertz CT molecular complexity index is 342. The first-order chi connectivity index (χ1) is 9.85. The molecule has 0 aromatic heterocycles. The normalized spacial score (nSPS) is 35.5. The molecule has 1 saturated carbocycles. The van der Waals surface area contributed by atoms with Gasteiger partial charge in [0.05, 0.1) is 6.61 Å². The average molecular weight is 278 g/mol. The Morgan fingerprint density at radius 3 is 2.95 bits per heavy atom. The highest BCUT2D eigenvalue weighted by molar-refractivity contribution is 5.08. The Kier molecular flexibility index (Phi) is 5.14. The first kappa shape index (κ1) is 14.6. The highest BCUT2D eigenvalue weighted by Gasteiger charge is 2.32. The number of rotatable bonds is 4. The SMILES string of the molecule is COCC1=CCN(CC2CCC3CCCCC3N2)CC1. The Labute approximate surface area is 123 Å². The summed E-state index contributed by atoms with van der Waals surface area (Å²) in [6.45, 7) is 4.38. The zero-order valence-corrected chi connectivity index (χ0v) is 12.9. The molecule has 3 atom stereocenters. The van der Waals surface area contributed by atoms with E-state index in [4.69, 9.17) is 4.74 Å². The highest BCUT2D eigenvalue weighted by Crippen LogP contribution is 2.32. The quantitative estimate of drug-likeness (QED) is 0.800. The average Bonchev–Trinajstić information content (AvgIpc) is 2.49. The lowest BCUT2D eigenvalue weighted by molar-refractivity contribution is 0.145. The van der Waals surface area contributed by atoms with Gasteiger partial charge in [0, 0.05) is 38.8 Å². The zero-order valence-electron chi connectivity index (χ0n) is 12.9. The van der Waals surface area contributed by atoms with E-state index in [1.54, 1.807) is 7.11 Å². The number of piperidine rings is 1. The van der Waals surface area contributed by atoms with Crippen molar-refractivity contribution in [2.45, 2.75) is 57.0 Å². The molecule has 0 bridgehead atoms. The lowest BCUT2D eigenvalue weighted by Crippen LogP contribution is -2.53. The van der Waals surface area contributed by atoms with Crippen molar-refractivity contribution in [3.05, 3.63) is 11.6 Å². The fourth-order valence-electron chi connectivity index (χ4n) is 4.27. The molecule has 3 rings (SSSR count). The van der Waals surface area contributed by atoms with Crippen LogP contribution in [0.25, 0.3) is 0 Å². The van der Waals surface area contributed by atoms with Crippen molar-refractivity contribution in [1.29, 1.82) is 0 Å². The van der Waals surface area contributed by atoms with Crippen molar-refractivity contribution in [3.8, 4) is 0 Å². The maximum atomic E-state index is 5.23. The van der Waals surface area contributed by atoms with Crippen LogP contribution >= 0.6 is 0 Å². The molecule has 0 aromatic rings. The zero-order chi connectivity index (χ0) is 13.8. The van der Waals surface area contributed by atoms with Crippen LogP contribution in [0.5, 0.6) is 0 Å². The number of nitrogens with one attached hydrogen (secondary N) is 1. The summed E-state index contributed by atoms with van der Waals surface area (Å²) in [5.41, 5.74) is 1.48. The molecule has 3 unspecified atom stereocenters. The largest absolute Gasteiger partial charge is 0.380 e. The van der Waals surface area contributed by atoms with E-state index in [-0.39, 0.29) is 0 Å². The molecule has 3 nitrogen and oxygen atoms in total. The van der Waals surface area contributed by atoms with Crippen LogP contribution in [-0.4, -0.2) is 50.3 Å². The minimum Gasteiger partial charge on any atom is -0.380 e. The molecule has 2 heterocycles. The van der Waals surface area contributed by atoms with E-state index < -0.39 is 0 Å². The summed E-state index contributed by atoms with van der Waals surface area (Å²) in [7, 11) is 1.79. The van der Waals surface area contributed by atoms with E-state index in [1.165, 1.54) is 63.6 Å². The number of ether oxygens (including phenoxy) is 1. The van der Waals surface area contributed by atoms with E-state index in [0.717, 1.165) is 31.2 Å². The minimum atomic E-state index is 0.728. The molecule has 2 aliphatic heterocycles. The van der Waals surface area contributed by atoms with Crippen LogP contribution in [-0.2, 0) is 4.74 Å². The molecule has 1 aliphatic carbocycles. The van der Waals surface area contributed by atoms with Gasteiger partial charge in [-0.05, 0) is 43.6 Å². The molecule has 0 aromatic carbocycles. The second-order valence-electron chi connectivity index (χ2n) is 6.90. The van der Waals surface area contributed by atoms with E-state index in [9.17, 15) is 0 Å². The van der Waals surface area contributed by atoms with Crippen LogP contribution in [0.3, 0.4) is 0 Å². The third-order valence-electron chi connectivity index (χ3n) is 5.44. The second-order valence-corrected chi connectivity index (χ2v) is 6.90. The van der Waals surface area contributed by atoms with Crippen LogP contribution in [0.2, 0.25) is 0 Å². The molecule has 1 saturated heterocycles. The van der Waals surface area contributed by atoms with Crippen LogP contribution in [0.1, 0.15) is 44.9 Å². The summed E-state index contributed by atoms with van der Waals surface area (Å²) in [5.74, 6) is 0.981. The van der Waals surface area contributed by atoms with Gasteiger partial charge in [-0.2, -0.15) is 0 Å². The number of fused-ring (bicyclic) bond motifs is 1. The van der Waals surface area contributed by atoms with Crippen molar-refractivity contribution in [1.82, 2.24) is 10.2 Å². The number of hydrogen-bond donors (Lipinski definition) is 1. The third-order valence-corrected chi connectivity index (χ3v) is 5.44. The van der Waals surface area contributed by atoms with E-state index in [1.807, 2.05) is 0 Å². The minimum absolute atomic E-state index is 0.728. The third kappa shape index (κ3) is 3.63. The number of nitrogens with zero attached hydrogens (tertiary/aromatic N) is 1. The molecule has 0 radical (unpaired) electrons. The molecule has 2 fully saturated rings. The predicted molar refractivity (Wildman–Crippen MR) is 82.9 cm³/mol. The van der Waals surface area contributed by atoms with Crippen LogP contribution in [0, 0.1) is 5.92 Å². The fourth-order valence-corrected chi connectivity index (χ4v) is 4.27. The Morgan fingerprint density at radius 1 is 1.25 bits per heavy atom. The van der Waals surface area contributed by atoms with Crippen molar-refractivity contribution in [2.75, 3.05) is 33.4 Å². The Balaban J connectivity index is 1.45. The van der Waals surface area contributed by atoms with Gasteiger partial charge in [0.15, 0.2) is 0 Å². The lowest BCUT2D eigenvalue weighted by Gasteiger charge is -2.42. The summed E-state index contributed by atoms with van der Waals surface area (Å²) >= 11 is 0. The molecule has 0 amide bonds. The molecule has 1 N–H and O–H groups in total. The fraction of sp³-hybridized carbons (Fsp3) is 0.882. The van der Waals surface area contributed by atoms with Crippen molar-refractivity contribution < 1.29 is 4.74 Å². The van der Waals surface area contributed by atoms with Crippen molar-refractivity contribution >= 4 is 0 Å². The van der Waals surface area contributed by atoms with Gasteiger partial charge in [0.25, 0.3) is 0 Å². The maximum absolute atomic E-state index is 5.23. The van der Waals surface area contributed by atoms with Crippen molar-refractivity contribution in [3.63, 3.8) is 0 Å². The first-order valence-corrected chi connectivity index (χ1v) is 8.50. The van der Waals surface area contributed by atoms with Gasteiger partial charge in [0.2, 0.25) is 0 Å². The second kappa shape index (κ2) is 7.06. The molecular formula is C17H30N2O. The van der Waals surface area contributed by atoms with Crippen LogP contribution < -0.4 is 5.32 Å². The maximum Gasteiger partial charge on any atom is 0.0673 e. The Morgan fingerprint density at radius 2 is 2.15 bits per heavy atom. The van der Waals surface area contributed by atoms with E-state index in [2.05, 4.69) is 16.3 Å². The standard InChI is InChI=1S/C17H30N2O/c1-20-13-14-8-10-19(11-9-14)12-16-7-6-15-4-2-3-5-17(15)18-16/h8,15-18H,2-7,9-13H2,1H3. The number of hydrogen-bond acceptors (Lipinski definition) is 3.